The predicted octanol–water partition coefficient (Wildman–Crippen LogP) is 2.45. The lowest BCUT2D eigenvalue weighted by Crippen LogP contribution is -2.49. The van der Waals surface area contributed by atoms with Crippen molar-refractivity contribution < 1.29 is 18.4 Å². The van der Waals surface area contributed by atoms with Gasteiger partial charge in [-0.1, -0.05) is 12.1 Å². The summed E-state index contributed by atoms with van der Waals surface area (Å²) in [5.74, 6) is -0.921. The molecule has 6 heteroatoms. The van der Waals surface area contributed by atoms with Gasteiger partial charge in [-0.2, -0.15) is 0 Å². The molecule has 5 nitrogen and oxygen atoms in total. The summed E-state index contributed by atoms with van der Waals surface area (Å²) in [6, 6.07) is 8.93. The van der Waals surface area contributed by atoms with E-state index in [4.69, 9.17) is 4.42 Å². The van der Waals surface area contributed by atoms with E-state index in [0.717, 1.165) is 12.8 Å². The van der Waals surface area contributed by atoms with Crippen LogP contribution in [0.3, 0.4) is 0 Å². The summed E-state index contributed by atoms with van der Waals surface area (Å²) < 4.78 is 18.8. The minimum absolute atomic E-state index is 0.0157. The average Bonchev–Trinajstić information content (AvgIpc) is 3.09. The van der Waals surface area contributed by atoms with Gasteiger partial charge in [-0.3, -0.25) is 9.59 Å². The Morgan fingerprint density at radius 2 is 2.04 bits per heavy atom. The number of likely N-dealkylation sites (tertiary alicyclic amines) is 1. The molecule has 0 radical (unpaired) electrons. The molecule has 1 aromatic heterocycles. The Morgan fingerprint density at radius 1 is 1.22 bits per heavy atom. The molecule has 1 aliphatic rings. The maximum absolute atomic E-state index is 13.6. The van der Waals surface area contributed by atoms with Crippen LogP contribution in [0, 0.1) is 5.82 Å². The Balaban J connectivity index is 1.64. The Bertz CT molecular complexity index is 700. The van der Waals surface area contributed by atoms with E-state index >= 15 is 0 Å². The van der Waals surface area contributed by atoms with E-state index in [0.29, 0.717) is 13.1 Å². The van der Waals surface area contributed by atoms with Gasteiger partial charge < -0.3 is 14.6 Å². The highest BCUT2D eigenvalue weighted by atomic mass is 19.1. The second-order valence-corrected chi connectivity index (χ2v) is 5.52. The van der Waals surface area contributed by atoms with Crippen LogP contribution in [0.15, 0.2) is 47.1 Å². The zero-order valence-electron chi connectivity index (χ0n) is 12.5. The molecule has 1 aliphatic heterocycles. The van der Waals surface area contributed by atoms with Gasteiger partial charge in [-0.05, 0) is 37.1 Å². The van der Waals surface area contributed by atoms with Gasteiger partial charge in [0.15, 0.2) is 5.76 Å². The summed E-state index contributed by atoms with van der Waals surface area (Å²) in [6.45, 7) is 1.01. The highest BCUT2D eigenvalue weighted by Crippen LogP contribution is 2.15. The molecule has 1 saturated heterocycles. The molecule has 2 aromatic rings. The molecule has 3 rings (SSSR count). The molecule has 0 aliphatic carbocycles. The van der Waals surface area contributed by atoms with Crippen LogP contribution in [0.1, 0.15) is 33.8 Å². The first-order chi connectivity index (χ1) is 11.1. The number of amides is 2. The number of benzene rings is 1. The molecule has 1 aromatic carbocycles. The van der Waals surface area contributed by atoms with Crippen LogP contribution in [0.2, 0.25) is 0 Å². The highest BCUT2D eigenvalue weighted by Gasteiger charge is 2.27. The topological polar surface area (TPSA) is 62.6 Å². The SMILES string of the molecule is O=C(NC1CCCN(C(=O)c2ccco2)C1)c1ccccc1F. The Hall–Kier alpha value is -2.63. The lowest BCUT2D eigenvalue weighted by atomic mass is 10.0. The first-order valence-corrected chi connectivity index (χ1v) is 7.53. The van der Waals surface area contributed by atoms with Gasteiger partial charge in [0.1, 0.15) is 5.82 Å². The molecule has 0 spiro atoms. The van der Waals surface area contributed by atoms with Crippen LogP contribution < -0.4 is 5.32 Å². The predicted molar refractivity (Wildman–Crippen MR) is 81.5 cm³/mol. The summed E-state index contributed by atoms with van der Waals surface area (Å²) in [7, 11) is 0. The van der Waals surface area contributed by atoms with Crippen molar-refractivity contribution >= 4 is 11.8 Å². The minimum atomic E-state index is -0.552. The largest absolute Gasteiger partial charge is 0.459 e. The van der Waals surface area contributed by atoms with Crippen molar-refractivity contribution in [1.29, 1.82) is 0 Å². The molecule has 0 saturated carbocycles. The van der Waals surface area contributed by atoms with E-state index in [9.17, 15) is 14.0 Å². The van der Waals surface area contributed by atoms with Gasteiger partial charge in [0.2, 0.25) is 0 Å². The molecule has 1 N–H and O–H groups in total. The third-order valence-electron chi connectivity index (χ3n) is 3.89. The third kappa shape index (κ3) is 3.41. The standard InChI is InChI=1S/C17H17FN2O3/c18-14-7-2-1-6-13(14)16(21)19-12-5-3-9-20(11-12)17(22)15-8-4-10-23-15/h1-2,4,6-8,10,12H,3,5,9,11H2,(H,19,21). The maximum atomic E-state index is 13.6. The minimum Gasteiger partial charge on any atom is -0.459 e. The van der Waals surface area contributed by atoms with Crippen molar-refractivity contribution in [2.45, 2.75) is 18.9 Å². The fraction of sp³-hybridized carbons (Fsp3) is 0.294. The lowest BCUT2D eigenvalue weighted by molar-refractivity contribution is 0.0646. The molecule has 23 heavy (non-hydrogen) atoms. The highest BCUT2D eigenvalue weighted by molar-refractivity contribution is 5.95. The number of hydrogen-bond acceptors (Lipinski definition) is 3. The molecule has 2 heterocycles. The van der Waals surface area contributed by atoms with Crippen LogP contribution in [0.4, 0.5) is 4.39 Å². The number of nitrogens with one attached hydrogen (secondary N) is 1. The number of carbonyl (C=O) groups excluding carboxylic acids is 2. The zero-order chi connectivity index (χ0) is 16.2. The Kier molecular flexibility index (Phi) is 4.41. The second-order valence-electron chi connectivity index (χ2n) is 5.52. The van der Waals surface area contributed by atoms with Crippen LogP contribution in [0.5, 0.6) is 0 Å². The fourth-order valence-electron chi connectivity index (χ4n) is 2.74. The van der Waals surface area contributed by atoms with Gasteiger partial charge in [-0.15, -0.1) is 0 Å². The molecule has 0 bridgehead atoms. The third-order valence-corrected chi connectivity index (χ3v) is 3.89. The van der Waals surface area contributed by atoms with Gasteiger partial charge in [0.05, 0.1) is 11.8 Å². The summed E-state index contributed by atoms with van der Waals surface area (Å²) in [4.78, 5) is 26.1. The van der Waals surface area contributed by atoms with Crippen molar-refractivity contribution in [2.75, 3.05) is 13.1 Å². The summed E-state index contributed by atoms with van der Waals surface area (Å²) in [6.07, 6.45) is 2.98. The van der Waals surface area contributed by atoms with Gasteiger partial charge in [-0.25, -0.2) is 4.39 Å². The molecule has 1 fully saturated rings. The van der Waals surface area contributed by atoms with E-state index in [1.54, 1.807) is 23.1 Å². The molecule has 1 unspecified atom stereocenters. The number of furan rings is 1. The van der Waals surface area contributed by atoms with Crippen molar-refractivity contribution in [2.24, 2.45) is 0 Å². The van der Waals surface area contributed by atoms with E-state index in [2.05, 4.69) is 5.32 Å². The van der Waals surface area contributed by atoms with E-state index < -0.39 is 11.7 Å². The number of rotatable bonds is 3. The van der Waals surface area contributed by atoms with Crippen LogP contribution in [0.25, 0.3) is 0 Å². The first-order valence-electron chi connectivity index (χ1n) is 7.53. The quantitative estimate of drug-likeness (QED) is 0.946. The number of halogens is 1. The number of nitrogens with zero attached hydrogens (tertiary/aromatic N) is 1. The van der Waals surface area contributed by atoms with Crippen molar-refractivity contribution in [3.8, 4) is 0 Å². The van der Waals surface area contributed by atoms with Crippen LogP contribution in [-0.4, -0.2) is 35.8 Å². The normalized spacial score (nSPS) is 17.8. The fourth-order valence-corrected chi connectivity index (χ4v) is 2.74. The first kappa shape index (κ1) is 15.3. The Labute approximate surface area is 133 Å². The average molecular weight is 316 g/mol. The van der Waals surface area contributed by atoms with Crippen molar-refractivity contribution in [3.05, 3.63) is 59.8 Å². The van der Waals surface area contributed by atoms with Crippen LogP contribution >= 0.6 is 0 Å². The molecular formula is C17H17FN2O3. The van der Waals surface area contributed by atoms with Gasteiger partial charge in [0, 0.05) is 19.1 Å². The van der Waals surface area contributed by atoms with Crippen molar-refractivity contribution in [1.82, 2.24) is 10.2 Å². The van der Waals surface area contributed by atoms with Crippen molar-refractivity contribution in [3.63, 3.8) is 0 Å². The molecular weight excluding hydrogens is 299 g/mol. The molecule has 2 amide bonds. The van der Waals surface area contributed by atoms with Gasteiger partial charge in [0.25, 0.3) is 11.8 Å². The summed E-state index contributed by atoms with van der Waals surface area (Å²) in [5.41, 5.74) is 0.0157. The number of carbonyl (C=O) groups is 2. The summed E-state index contributed by atoms with van der Waals surface area (Å²) in [5, 5.41) is 2.80. The lowest BCUT2D eigenvalue weighted by Gasteiger charge is -2.32. The smallest absolute Gasteiger partial charge is 0.289 e. The van der Waals surface area contributed by atoms with Gasteiger partial charge >= 0.3 is 0 Å². The molecule has 1 atom stereocenters. The number of piperidine rings is 1. The number of hydrogen-bond donors (Lipinski definition) is 1. The van der Waals surface area contributed by atoms with E-state index in [-0.39, 0.29) is 23.3 Å². The maximum Gasteiger partial charge on any atom is 0.289 e. The van der Waals surface area contributed by atoms with Crippen LogP contribution in [-0.2, 0) is 0 Å². The summed E-state index contributed by atoms with van der Waals surface area (Å²) >= 11 is 0. The monoisotopic (exact) mass is 316 g/mol. The second kappa shape index (κ2) is 6.64. The molecule has 120 valence electrons. The zero-order valence-corrected chi connectivity index (χ0v) is 12.5. The van der Waals surface area contributed by atoms with E-state index in [1.807, 2.05) is 0 Å². The Morgan fingerprint density at radius 3 is 2.78 bits per heavy atom. The van der Waals surface area contributed by atoms with E-state index in [1.165, 1.54) is 24.5 Å².